The van der Waals surface area contributed by atoms with Crippen LogP contribution in [0.15, 0.2) is 0 Å². The fraction of sp³-hybridized carbons (Fsp3) is 0.909. The molecule has 0 spiro atoms. The lowest BCUT2D eigenvalue weighted by Crippen LogP contribution is -2.21. The molecule has 1 N–H and O–H groups in total. The molecule has 0 aromatic rings. The van der Waals surface area contributed by atoms with Crippen LogP contribution in [0.3, 0.4) is 0 Å². The largest absolute Gasteiger partial charge is 0.359 e. The summed E-state index contributed by atoms with van der Waals surface area (Å²) in [6, 6.07) is 0. The van der Waals surface area contributed by atoms with E-state index < -0.39 is 0 Å². The maximum Gasteiger partial charge on any atom is 0.220 e. The molecule has 0 aromatic carbocycles. The van der Waals surface area contributed by atoms with Gasteiger partial charge in [0.05, 0.1) is 0 Å². The first kappa shape index (κ1) is 19.4. The Morgan fingerprint density at radius 2 is 1.71 bits per heavy atom. The summed E-state index contributed by atoms with van der Waals surface area (Å²) in [6.07, 6.45) is 0.634. The molecular weight excluding hydrogens is 194 g/mol. The lowest BCUT2D eigenvalue weighted by atomic mass is 10.3. The molecule has 2 nitrogen and oxygen atoms in total. The first-order valence-corrected chi connectivity index (χ1v) is 6.57. The topological polar surface area (TPSA) is 29.1 Å². The van der Waals surface area contributed by atoms with Crippen LogP contribution in [-0.4, -0.2) is 24.0 Å². The molecule has 0 aliphatic heterocycles. The number of thioether (sulfide) groups is 1. The van der Waals surface area contributed by atoms with E-state index in [1.54, 1.807) is 7.05 Å². The average Bonchev–Trinajstić information content (AvgIpc) is 2.24. The zero-order chi connectivity index (χ0) is 12.0. The van der Waals surface area contributed by atoms with Crippen LogP contribution in [-0.2, 0) is 4.79 Å². The van der Waals surface area contributed by atoms with E-state index >= 15 is 0 Å². The summed E-state index contributed by atoms with van der Waals surface area (Å²) in [5.41, 5.74) is 0. The number of nitrogens with one attached hydrogen (secondary N) is 1. The predicted octanol–water partition coefficient (Wildman–Crippen LogP) is 3.32. The Morgan fingerprint density at radius 1 is 1.29 bits per heavy atom. The van der Waals surface area contributed by atoms with Gasteiger partial charge < -0.3 is 5.32 Å². The number of hydrogen-bond donors (Lipinski definition) is 1. The quantitative estimate of drug-likeness (QED) is 0.789. The van der Waals surface area contributed by atoms with Crippen molar-refractivity contribution in [2.75, 3.05) is 12.8 Å². The van der Waals surface area contributed by atoms with E-state index in [0.29, 0.717) is 11.7 Å². The fourth-order valence-corrected chi connectivity index (χ4v) is 1.54. The Morgan fingerprint density at radius 3 is 2.00 bits per heavy atom. The molecule has 1 atom stereocenters. The number of rotatable bonds is 4. The third-order valence-corrected chi connectivity index (χ3v) is 2.27. The highest BCUT2D eigenvalue weighted by Crippen LogP contribution is 2.12. The van der Waals surface area contributed by atoms with Gasteiger partial charge in [-0.1, -0.05) is 41.5 Å². The highest BCUT2D eigenvalue weighted by molar-refractivity contribution is 7.99. The van der Waals surface area contributed by atoms with Crippen LogP contribution in [0, 0.1) is 0 Å². The maximum atomic E-state index is 10.8. The zero-order valence-corrected chi connectivity index (χ0v) is 11.6. The van der Waals surface area contributed by atoms with Crippen LogP contribution in [0.5, 0.6) is 0 Å². The van der Waals surface area contributed by atoms with Crippen molar-refractivity contribution in [1.82, 2.24) is 5.32 Å². The lowest BCUT2D eigenvalue weighted by molar-refractivity contribution is -0.120. The number of hydrogen-bond acceptors (Lipinski definition) is 2. The molecule has 14 heavy (non-hydrogen) atoms. The lowest BCUT2D eigenvalue weighted by Gasteiger charge is -2.07. The molecule has 0 saturated heterocycles. The molecule has 1 unspecified atom stereocenters. The highest BCUT2D eigenvalue weighted by Gasteiger charge is 2.05. The van der Waals surface area contributed by atoms with Gasteiger partial charge in [-0.3, -0.25) is 4.79 Å². The molecular formula is C11H27NOS. The first-order chi connectivity index (χ1) is 6.70. The third kappa shape index (κ3) is 17.8. The summed E-state index contributed by atoms with van der Waals surface area (Å²) in [5, 5.41) is 3.05. The van der Waals surface area contributed by atoms with Crippen LogP contribution < -0.4 is 5.32 Å². The molecule has 0 radical (unpaired) electrons. The fourth-order valence-electron chi connectivity index (χ4n) is 0.707. The van der Waals surface area contributed by atoms with Crippen LogP contribution in [0.1, 0.15) is 48.0 Å². The molecule has 3 heteroatoms. The molecule has 0 bridgehead atoms. The van der Waals surface area contributed by atoms with E-state index in [0.717, 1.165) is 5.75 Å². The van der Waals surface area contributed by atoms with Crippen molar-refractivity contribution >= 4 is 17.7 Å². The van der Waals surface area contributed by atoms with Crippen molar-refractivity contribution in [2.24, 2.45) is 0 Å². The third-order valence-electron chi connectivity index (χ3n) is 1.20. The normalized spacial score (nSPS) is 9.93. The predicted molar refractivity (Wildman–Crippen MR) is 69.0 cm³/mol. The number of carbonyl (C=O) groups is 1. The van der Waals surface area contributed by atoms with Crippen molar-refractivity contribution in [2.45, 2.75) is 53.2 Å². The van der Waals surface area contributed by atoms with Crippen molar-refractivity contribution in [1.29, 1.82) is 0 Å². The van der Waals surface area contributed by atoms with Gasteiger partial charge in [-0.25, -0.2) is 0 Å². The maximum absolute atomic E-state index is 10.8. The Balaban J connectivity index is -0.000000266. The Bertz CT molecular complexity index is 107. The standard InChI is InChI=1S/C7H15NOS.2C2H6/c1-4-10-6(2)5-7(9)8-3;2*1-2/h6H,4-5H2,1-3H3,(H,8,9);2*1-2H3. The van der Waals surface area contributed by atoms with Gasteiger partial charge in [-0.2, -0.15) is 11.8 Å². The molecule has 0 aliphatic carbocycles. The molecule has 0 aliphatic rings. The summed E-state index contributed by atoms with van der Waals surface area (Å²) in [4.78, 5) is 10.8. The molecule has 0 aromatic heterocycles. The number of carbonyl (C=O) groups excluding carboxylic acids is 1. The molecule has 0 fully saturated rings. The second-order valence-electron chi connectivity index (χ2n) is 2.14. The van der Waals surface area contributed by atoms with Crippen LogP contribution in [0.25, 0.3) is 0 Å². The van der Waals surface area contributed by atoms with Gasteiger partial charge in [-0.15, -0.1) is 0 Å². The van der Waals surface area contributed by atoms with Gasteiger partial charge in [0.25, 0.3) is 0 Å². The van der Waals surface area contributed by atoms with E-state index in [1.807, 2.05) is 39.5 Å². The van der Waals surface area contributed by atoms with E-state index in [4.69, 9.17) is 0 Å². The summed E-state index contributed by atoms with van der Waals surface area (Å²) < 4.78 is 0. The number of amides is 1. The van der Waals surface area contributed by atoms with Crippen LogP contribution >= 0.6 is 11.8 Å². The van der Waals surface area contributed by atoms with Gasteiger partial charge in [0.15, 0.2) is 0 Å². The molecule has 0 rings (SSSR count). The van der Waals surface area contributed by atoms with E-state index in [-0.39, 0.29) is 5.91 Å². The Kier molecular flexibility index (Phi) is 25.7. The SMILES string of the molecule is CC.CC.CCSC(C)CC(=O)NC. The smallest absolute Gasteiger partial charge is 0.220 e. The van der Waals surface area contributed by atoms with Crippen molar-refractivity contribution < 1.29 is 4.79 Å². The van der Waals surface area contributed by atoms with Gasteiger partial charge in [0.2, 0.25) is 5.91 Å². The average molecular weight is 221 g/mol. The summed E-state index contributed by atoms with van der Waals surface area (Å²) in [5.74, 6) is 1.21. The monoisotopic (exact) mass is 221 g/mol. The van der Waals surface area contributed by atoms with Crippen molar-refractivity contribution in [3.05, 3.63) is 0 Å². The van der Waals surface area contributed by atoms with Gasteiger partial charge in [-0.05, 0) is 5.75 Å². The minimum absolute atomic E-state index is 0.133. The minimum Gasteiger partial charge on any atom is -0.359 e. The van der Waals surface area contributed by atoms with Crippen molar-refractivity contribution in [3.63, 3.8) is 0 Å². The van der Waals surface area contributed by atoms with Crippen LogP contribution in [0.4, 0.5) is 0 Å². The molecule has 0 heterocycles. The second kappa shape index (κ2) is 18.6. The summed E-state index contributed by atoms with van der Waals surface area (Å²) in [6.45, 7) is 12.2. The first-order valence-electron chi connectivity index (χ1n) is 5.52. The summed E-state index contributed by atoms with van der Waals surface area (Å²) >= 11 is 1.81. The van der Waals surface area contributed by atoms with E-state index in [1.165, 1.54) is 0 Å². The van der Waals surface area contributed by atoms with Gasteiger partial charge in [0.1, 0.15) is 0 Å². The van der Waals surface area contributed by atoms with E-state index in [9.17, 15) is 4.79 Å². The highest BCUT2D eigenvalue weighted by atomic mass is 32.2. The van der Waals surface area contributed by atoms with Crippen LogP contribution in [0.2, 0.25) is 0 Å². The summed E-state index contributed by atoms with van der Waals surface area (Å²) in [7, 11) is 1.67. The minimum atomic E-state index is 0.133. The zero-order valence-electron chi connectivity index (χ0n) is 10.8. The molecule has 0 saturated carbocycles. The Labute approximate surface area is 94.2 Å². The van der Waals surface area contributed by atoms with E-state index in [2.05, 4.69) is 19.2 Å². The molecule has 88 valence electrons. The Hall–Kier alpha value is -0.180. The van der Waals surface area contributed by atoms with Gasteiger partial charge >= 0.3 is 0 Å². The molecule has 1 amide bonds. The van der Waals surface area contributed by atoms with Crippen molar-refractivity contribution in [3.8, 4) is 0 Å². The second-order valence-corrected chi connectivity index (χ2v) is 3.86. The van der Waals surface area contributed by atoms with Gasteiger partial charge in [0, 0.05) is 18.7 Å².